The van der Waals surface area contributed by atoms with Gasteiger partial charge in [-0.3, -0.25) is 0 Å². The second-order valence-corrected chi connectivity index (χ2v) is 6.14. The zero-order valence-corrected chi connectivity index (χ0v) is 14.1. The normalized spacial score (nSPS) is 10.8. The molecule has 0 radical (unpaired) electrons. The molecule has 118 valence electrons. The highest BCUT2D eigenvalue weighted by Gasteiger charge is 2.05. The van der Waals surface area contributed by atoms with Crippen LogP contribution >= 0.6 is 0 Å². The van der Waals surface area contributed by atoms with Gasteiger partial charge >= 0.3 is 0 Å². The average Bonchev–Trinajstić information content (AvgIpc) is 2.50. The largest absolute Gasteiger partial charge is 0.494 e. The maximum absolute atomic E-state index is 5.76. The van der Waals surface area contributed by atoms with Crippen LogP contribution in [-0.4, -0.2) is 6.61 Å². The lowest BCUT2D eigenvalue weighted by Crippen LogP contribution is -2.01. The summed E-state index contributed by atoms with van der Waals surface area (Å²) in [6, 6.07) is 14.7. The van der Waals surface area contributed by atoms with Crippen LogP contribution in [0.25, 0.3) is 0 Å². The lowest BCUT2D eigenvalue weighted by molar-refractivity contribution is 0.289. The highest BCUT2D eigenvalue weighted by Crippen LogP contribution is 2.26. The van der Waals surface area contributed by atoms with Crippen molar-refractivity contribution < 1.29 is 4.74 Å². The van der Waals surface area contributed by atoms with Crippen molar-refractivity contribution >= 4 is 11.4 Å². The maximum atomic E-state index is 5.76. The number of para-hydroxylation sites is 1. The van der Waals surface area contributed by atoms with Crippen LogP contribution in [0.1, 0.15) is 38.3 Å². The number of ether oxygens (including phenoxy) is 1. The van der Waals surface area contributed by atoms with Crippen LogP contribution in [0.15, 0.2) is 42.5 Å². The Morgan fingerprint density at radius 1 is 1.05 bits per heavy atom. The third kappa shape index (κ3) is 4.52. The molecule has 0 saturated carbocycles. The minimum atomic E-state index is 0.675. The molecule has 0 unspecified atom stereocenters. The fourth-order valence-corrected chi connectivity index (χ4v) is 2.39. The van der Waals surface area contributed by atoms with Gasteiger partial charge in [0.15, 0.2) is 0 Å². The maximum Gasteiger partial charge on any atom is 0.119 e. The van der Waals surface area contributed by atoms with Gasteiger partial charge in [0.2, 0.25) is 0 Å². The van der Waals surface area contributed by atoms with E-state index >= 15 is 0 Å². The van der Waals surface area contributed by atoms with Crippen molar-refractivity contribution in [3.8, 4) is 5.75 Å². The summed E-state index contributed by atoms with van der Waals surface area (Å²) in [7, 11) is 0. The van der Waals surface area contributed by atoms with E-state index in [2.05, 4.69) is 63.3 Å². The first-order valence-corrected chi connectivity index (χ1v) is 8.18. The monoisotopic (exact) mass is 297 g/mol. The van der Waals surface area contributed by atoms with Crippen LogP contribution in [-0.2, 0) is 6.42 Å². The van der Waals surface area contributed by atoms with E-state index in [1.165, 1.54) is 16.8 Å². The van der Waals surface area contributed by atoms with Crippen molar-refractivity contribution in [2.45, 2.75) is 40.5 Å². The van der Waals surface area contributed by atoms with Gasteiger partial charge in [0.1, 0.15) is 5.75 Å². The summed E-state index contributed by atoms with van der Waals surface area (Å²) < 4.78 is 5.76. The summed E-state index contributed by atoms with van der Waals surface area (Å²) in [4.78, 5) is 0. The Labute approximate surface area is 134 Å². The van der Waals surface area contributed by atoms with Crippen LogP contribution in [0.5, 0.6) is 5.75 Å². The molecule has 0 aromatic heterocycles. The fourth-order valence-electron chi connectivity index (χ4n) is 2.39. The molecule has 2 nitrogen and oxygen atoms in total. The van der Waals surface area contributed by atoms with E-state index in [-0.39, 0.29) is 0 Å². The minimum absolute atomic E-state index is 0.675. The molecule has 0 bridgehead atoms. The Morgan fingerprint density at radius 2 is 1.77 bits per heavy atom. The number of benzene rings is 2. The Bertz CT molecular complexity index is 587. The van der Waals surface area contributed by atoms with Crippen LogP contribution in [0.3, 0.4) is 0 Å². The molecule has 2 aromatic carbocycles. The summed E-state index contributed by atoms with van der Waals surface area (Å²) in [5.74, 6) is 1.61. The van der Waals surface area contributed by atoms with Crippen LogP contribution in [0.2, 0.25) is 0 Å². The molecule has 0 aliphatic carbocycles. The minimum Gasteiger partial charge on any atom is -0.494 e. The topological polar surface area (TPSA) is 21.3 Å². The van der Waals surface area contributed by atoms with Gasteiger partial charge < -0.3 is 10.1 Å². The van der Waals surface area contributed by atoms with Gasteiger partial charge in [-0.2, -0.15) is 0 Å². The van der Waals surface area contributed by atoms with Gasteiger partial charge in [0, 0.05) is 11.4 Å². The molecule has 0 atom stereocenters. The van der Waals surface area contributed by atoms with E-state index in [9.17, 15) is 0 Å². The summed E-state index contributed by atoms with van der Waals surface area (Å²) in [5, 5.41) is 3.54. The van der Waals surface area contributed by atoms with E-state index in [0.29, 0.717) is 5.92 Å². The zero-order valence-electron chi connectivity index (χ0n) is 14.1. The number of hydrogen-bond donors (Lipinski definition) is 1. The quantitative estimate of drug-likeness (QED) is 0.705. The average molecular weight is 297 g/mol. The molecular formula is C20H27NO. The molecule has 0 amide bonds. The number of aryl methyl sites for hydroxylation is 2. The molecule has 0 fully saturated rings. The molecule has 0 saturated heterocycles. The molecule has 2 aromatic rings. The smallest absolute Gasteiger partial charge is 0.119 e. The lowest BCUT2D eigenvalue weighted by atomic mass is 10.1. The summed E-state index contributed by atoms with van der Waals surface area (Å²) in [6.45, 7) is 9.53. The van der Waals surface area contributed by atoms with Crippen molar-refractivity contribution in [2.24, 2.45) is 5.92 Å². The molecule has 2 rings (SSSR count). The van der Waals surface area contributed by atoms with Crippen LogP contribution in [0, 0.1) is 12.8 Å². The standard InChI is InChI=1S/C20H27NO/c1-5-17-8-6-7-16(4)20(17)21-18-9-11-19(12-10-18)22-14-13-15(2)3/h6-12,15,21H,5,13-14H2,1-4H3. The van der Waals surface area contributed by atoms with Gasteiger partial charge in [-0.25, -0.2) is 0 Å². The first-order chi connectivity index (χ1) is 10.6. The van der Waals surface area contributed by atoms with E-state index in [1.54, 1.807) is 0 Å². The Morgan fingerprint density at radius 3 is 2.41 bits per heavy atom. The molecule has 0 heterocycles. The van der Waals surface area contributed by atoms with Crippen molar-refractivity contribution in [1.82, 2.24) is 0 Å². The first kappa shape index (κ1) is 16.4. The number of rotatable bonds is 7. The fraction of sp³-hybridized carbons (Fsp3) is 0.400. The highest BCUT2D eigenvalue weighted by atomic mass is 16.5. The summed E-state index contributed by atoms with van der Waals surface area (Å²) >= 11 is 0. The predicted molar refractivity (Wildman–Crippen MR) is 95.2 cm³/mol. The highest BCUT2D eigenvalue weighted by molar-refractivity contribution is 5.67. The molecule has 0 aliphatic heterocycles. The van der Waals surface area contributed by atoms with Crippen LogP contribution < -0.4 is 10.1 Å². The Hall–Kier alpha value is -1.96. The van der Waals surface area contributed by atoms with E-state index in [1.807, 2.05) is 12.1 Å². The molecular weight excluding hydrogens is 270 g/mol. The van der Waals surface area contributed by atoms with Gasteiger partial charge in [-0.05, 0) is 61.1 Å². The molecule has 0 aliphatic rings. The van der Waals surface area contributed by atoms with Gasteiger partial charge in [0.05, 0.1) is 6.61 Å². The molecule has 1 N–H and O–H groups in total. The van der Waals surface area contributed by atoms with Gasteiger partial charge in [-0.1, -0.05) is 39.0 Å². The third-order valence-corrected chi connectivity index (χ3v) is 3.83. The third-order valence-electron chi connectivity index (χ3n) is 3.83. The summed E-state index contributed by atoms with van der Waals surface area (Å²) in [5.41, 5.74) is 4.94. The van der Waals surface area contributed by atoms with E-state index in [4.69, 9.17) is 4.74 Å². The predicted octanol–water partition coefficient (Wildman–Crippen LogP) is 5.73. The second-order valence-electron chi connectivity index (χ2n) is 6.14. The number of anilines is 2. The molecule has 2 heteroatoms. The lowest BCUT2D eigenvalue weighted by Gasteiger charge is -2.14. The van der Waals surface area contributed by atoms with Gasteiger partial charge in [-0.15, -0.1) is 0 Å². The summed E-state index contributed by atoms with van der Waals surface area (Å²) in [6.07, 6.45) is 2.11. The van der Waals surface area contributed by atoms with Crippen molar-refractivity contribution in [3.05, 3.63) is 53.6 Å². The van der Waals surface area contributed by atoms with Crippen molar-refractivity contribution in [3.63, 3.8) is 0 Å². The number of hydrogen-bond acceptors (Lipinski definition) is 2. The Kier molecular flexibility index (Phi) is 5.88. The van der Waals surface area contributed by atoms with E-state index < -0.39 is 0 Å². The zero-order chi connectivity index (χ0) is 15.9. The van der Waals surface area contributed by atoms with Crippen molar-refractivity contribution in [2.75, 3.05) is 11.9 Å². The van der Waals surface area contributed by atoms with E-state index in [0.717, 1.165) is 30.9 Å². The second kappa shape index (κ2) is 7.88. The first-order valence-electron chi connectivity index (χ1n) is 8.18. The SMILES string of the molecule is CCc1cccc(C)c1Nc1ccc(OCCC(C)C)cc1. The van der Waals surface area contributed by atoms with Gasteiger partial charge in [0.25, 0.3) is 0 Å². The van der Waals surface area contributed by atoms with Crippen molar-refractivity contribution in [1.29, 1.82) is 0 Å². The molecule has 22 heavy (non-hydrogen) atoms. The number of nitrogens with one attached hydrogen (secondary N) is 1. The van der Waals surface area contributed by atoms with Crippen LogP contribution in [0.4, 0.5) is 11.4 Å². The Balaban J connectivity index is 2.02. The molecule has 0 spiro atoms.